The first kappa shape index (κ1) is 12.3. The van der Waals surface area contributed by atoms with E-state index in [4.69, 9.17) is 4.84 Å². The zero-order chi connectivity index (χ0) is 13.1. The Bertz CT molecular complexity index is 480. The summed E-state index contributed by atoms with van der Waals surface area (Å²) in [6, 6.07) is 5.15. The molecule has 0 aliphatic carbocycles. The van der Waals surface area contributed by atoms with Gasteiger partial charge in [0.15, 0.2) is 5.75 Å². The van der Waals surface area contributed by atoms with Gasteiger partial charge in [0.2, 0.25) is 5.91 Å². The summed E-state index contributed by atoms with van der Waals surface area (Å²) in [6.07, 6.45) is -1.09. The molecular weight excluding hydrogens is 243 g/mol. The fourth-order valence-corrected chi connectivity index (χ4v) is 1.60. The van der Waals surface area contributed by atoms with Gasteiger partial charge in [0.25, 0.3) is 5.91 Å². The molecule has 1 fully saturated rings. The van der Waals surface area contributed by atoms with Crippen LogP contribution < -0.4 is 15.6 Å². The molecule has 3 N–H and O–H groups in total. The van der Waals surface area contributed by atoms with Gasteiger partial charge in [-0.05, 0) is 12.1 Å². The second kappa shape index (κ2) is 5.01. The molecule has 0 radical (unpaired) electrons. The molecule has 96 valence electrons. The van der Waals surface area contributed by atoms with Gasteiger partial charge in [-0.2, -0.15) is 5.48 Å². The molecule has 1 aromatic rings. The maximum Gasteiger partial charge on any atom is 0.267 e. The minimum atomic E-state index is -1.21. The van der Waals surface area contributed by atoms with Crippen LogP contribution in [0.25, 0.3) is 0 Å². The molecule has 0 bridgehead atoms. The Labute approximate surface area is 102 Å². The van der Waals surface area contributed by atoms with Crippen molar-refractivity contribution in [1.82, 2.24) is 10.8 Å². The van der Waals surface area contributed by atoms with Crippen molar-refractivity contribution < 1.29 is 23.9 Å². The van der Waals surface area contributed by atoms with Crippen molar-refractivity contribution in [2.24, 2.45) is 5.92 Å². The first-order valence-corrected chi connectivity index (χ1v) is 5.26. The Morgan fingerprint density at radius 3 is 2.94 bits per heavy atom. The van der Waals surface area contributed by atoms with Crippen molar-refractivity contribution >= 4 is 11.8 Å². The number of β-amino-alcohol motifs (C(OH)–C–C–N with tert-alkyl or cyclic N) is 1. The maximum atomic E-state index is 12.8. The zero-order valence-electron chi connectivity index (χ0n) is 9.22. The van der Waals surface area contributed by atoms with Crippen molar-refractivity contribution in [1.29, 1.82) is 0 Å². The number of benzene rings is 1. The van der Waals surface area contributed by atoms with Gasteiger partial charge in [-0.3, -0.25) is 9.59 Å². The summed E-state index contributed by atoms with van der Waals surface area (Å²) in [5, 5.41) is 11.8. The predicted molar refractivity (Wildman–Crippen MR) is 57.7 cm³/mol. The highest BCUT2D eigenvalue weighted by molar-refractivity contribution is 6.02. The number of amides is 2. The highest BCUT2D eigenvalue weighted by Crippen LogP contribution is 2.13. The number of carbonyl (C=O) groups is 2. The minimum absolute atomic E-state index is 0.0247. The Morgan fingerprint density at radius 1 is 1.56 bits per heavy atom. The summed E-state index contributed by atoms with van der Waals surface area (Å²) in [5.74, 6) is -2.97. The van der Waals surface area contributed by atoms with E-state index in [-0.39, 0.29) is 12.3 Å². The fourth-order valence-electron chi connectivity index (χ4n) is 1.60. The van der Waals surface area contributed by atoms with Crippen molar-refractivity contribution in [3.8, 4) is 5.75 Å². The average molecular weight is 254 g/mol. The van der Waals surface area contributed by atoms with E-state index in [0.717, 1.165) is 6.07 Å². The molecule has 6 nitrogen and oxygen atoms in total. The molecule has 2 atom stereocenters. The van der Waals surface area contributed by atoms with Crippen LogP contribution in [0.1, 0.15) is 0 Å². The van der Waals surface area contributed by atoms with E-state index in [1.165, 1.54) is 18.2 Å². The number of aliphatic hydroxyl groups is 1. The first-order chi connectivity index (χ1) is 8.58. The van der Waals surface area contributed by atoms with E-state index >= 15 is 0 Å². The topological polar surface area (TPSA) is 87.7 Å². The van der Waals surface area contributed by atoms with Gasteiger partial charge in [0.1, 0.15) is 11.7 Å². The summed E-state index contributed by atoms with van der Waals surface area (Å²) < 4.78 is 12.8. The Morgan fingerprint density at radius 2 is 2.33 bits per heavy atom. The number of carbonyl (C=O) groups excluding carboxylic acids is 2. The number of hydrogen-bond donors (Lipinski definition) is 3. The molecule has 1 aliphatic heterocycles. The quantitative estimate of drug-likeness (QED) is 0.493. The van der Waals surface area contributed by atoms with Crippen molar-refractivity contribution in [2.45, 2.75) is 6.10 Å². The van der Waals surface area contributed by atoms with Gasteiger partial charge in [-0.1, -0.05) is 6.07 Å². The van der Waals surface area contributed by atoms with E-state index in [9.17, 15) is 19.1 Å². The lowest BCUT2D eigenvalue weighted by molar-refractivity contribution is -0.140. The lowest BCUT2D eigenvalue weighted by Crippen LogP contribution is -2.40. The molecule has 1 saturated heterocycles. The van der Waals surface area contributed by atoms with Crippen molar-refractivity contribution in [2.75, 3.05) is 6.54 Å². The predicted octanol–water partition coefficient (Wildman–Crippen LogP) is -0.657. The van der Waals surface area contributed by atoms with Crippen LogP contribution in [0.2, 0.25) is 0 Å². The first-order valence-electron chi connectivity index (χ1n) is 5.26. The zero-order valence-corrected chi connectivity index (χ0v) is 9.22. The highest BCUT2D eigenvalue weighted by Gasteiger charge is 2.39. The van der Waals surface area contributed by atoms with E-state index in [0.29, 0.717) is 0 Å². The molecule has 0 aromatic heterocycles. The van der Waals surface area contributed by atoms with Gasteiger partial charge in [0, 0.05) is 12.6 Å². The molecule has 1 aromatic carbocycles. The van der Waals surface area contributed by atoms with Gasteiger partial charge < -0.3 is 15.3 Å². The summed E-state index contributed by atoms with van der Waals surface area (Å²) in [6.45, 7) is 0.0247. The van der Waals surface area contributed by atoms with Crippen LogP contribution in [0.4, 0.5) is 4.39 Å². The minimum Gasteiger partial charge on any atom is -0.390 e. The van der Waals surface area contributed by atoms with E-state index in [1.54, 1.807) is 0 Å². The average Bonchev–Trinajstić information content (AvgIpc) is 2.66. The molecule has 2 rings (SSSR count). The number of rotatable bonds is 3. The van der Waals surface area contributed by atoms with Gasteiger partial charge >= 0.3 is 0 Å². The number of halogens is 1. The van der Waals surface area contributed by atoms with E-state index in [1.807, 2.05) is 5.48 Å². The third-order valence-electron chi connectivity index (χ3n) is 2.50. The third-order valence-corrected chi connectivity index (χ3v) is 2.50. The second-order valence-corrected chi connectivity index (χ2v) is 3.82. The Balaban J connectivity index is 1.94. The van der Waals surface area contributed by atoms with Crippen LogP contribution in [0.3, 0.4) is 0 Å². The van der Waals surface area contributed by atoms with Gasteiger partial charge in [0.05, 0.1) is 6.10 Å². The summed E-state index contributed by atoms with van der Waals surface area (Å²) in [4.78, 5) is 27.6. The summed E-state index contributed by atoms with van der Waals surface area (Å²) >= 11 is 0. The Kier molecular flexibility index (Phi) is 3.42. The van der Waals surface area contributed by atoms with E-state index in [2.05, 4.69) is 5.32 Å². The molecule has 7 heteroatoms. The van der Waals surface area contributed by atoms with Crippen LogP contribution in [0.15, 0.2) is 24.3 Å². The standard InChI is InChI=1S/C11H11FN2O4/c12-6-2-1-3-7(4-6)18-14-11(17)9-8(15)5-13-10(9)16/h1-4,8-9,15H,5H2,(H,13,16)(H,14,17). The molecule has 2 unspecified atom stereocenters. The molecule has 1 heterocycles. The molecule has 1 aliphatic rings. The van der Waals surface area contributed by atoms with Gasteiger partial charge in [-0.25, -0.2) is 4.39 Å². The molecule has 18 heavy (non-hydrogen) atoms. The van der Waals surface area contributed by atoms with Gasteiger partial charge in [-0.15, -0.1) is 0 Å². The lowest BCUT2D eigenvalue weighted by atomic mass is 10.1. The SMILES string of the molecule is O=C1NCC(O)C1C(=O)NOc1cccc(F)c1. The van der Waals surface area contributed by atoms with E-state index < -0.39 is 29.7 Å². The molecule has 0 saturated carbocycles. The van der Waals surface area contributed by atoms with Crippen LogP contribution in [0.5, 0.6) is 5.75 Å². The van der Waals surface area contributed by atoms with Crippen molar-refractivity contribution in [3.05, 3.63) is 30.1 Å². The normalized spacial score (nSPS) is 22.4. The maximum absolute atomic E-state index is 12.8. The second-order valence-electron chi connectivity index (χ2n) is 3.82. The Hall–Kier alpha value is -2.15. The molecule has 2 amide bonds. The highest BCUT2D eigenvalue weighted by atomic mass is 19.1. The number of nitrogens with one attached hydrogen (secondary N) is 2. The molecular formula is C11H11FN2O4. The molecule has 0 spiro atoms. The smallest absolute Gasteiger partial charge is 0.267 e. The third kappa shape index (κ3) is 2.57. The van der Waals surface area contributed by atoms with Crippen molar-refractivity contribution in [3.63, 3.8) is 0 Å². The summed E-state index contributed by atoms with van der Waals surface area (Å²) in [7, 11) is 0. The van der Waals surface area contributed by atoms with Crippen LogP contribution in [-0.2, 0) is 9.59 Å². The number of aliphatic hydroxyl groups excluding tert-OH is 1. The lowest BCUT2D eigenvalue weighted by Gasteiger charge is -2.12. The summed E-state index contributed by atoms with van der Waals surface area (Å²) in [5.41, 5.74) is 2.00. The number of hydrogen-bond acceptors (Lipinski definition) is 4. The fraction of sp³-hybridized carbons (Fsp3) is 0.273. The van der Waals surface area contributed by atoms with Crippen LogP contribution in [-0.4, -0.2) is 29.6 Å². The van der Waals surface area contributed by atoms with Crippen LogP contribution in [0, 0.1) is 11.7 Å². The number of hydroxylamine groups is 1. The van der Waals surface area contributed by atoms with Crippen LogP contribution >= 0.6 is 0 Å². The monoisotopic (exact) mass is 254 g/mol. The largest absolute Gasteiger partial charge is 0.390 e.